The molecule has 7 nitrogen and oxygen atoms in total. The summed E-state index contributed by atoms with van der Waals surface area (Å²) in [5.41, 5.74) is 4.74. The number of amides is 2. The number of fused-ring (bicyclic) bond motifs is 1. The summed E-state index contributed by atoms with van der Waals surface area (Å²) in [6.45, 7) is 10.7. The van der Waals surface area contributed by atoms with Crippen LogP contribution in [0.3, 0.4) is 0 Å². The van der Waals surface area contributed by atoms with E-state index in [0.29, 0.717) is 24.8 Å². The topological polar surface area (TPSA) is 88.1 Å². The zero-order valence-corrected chi connectivity index (χ0v) is 22.9. The summed E-state index contributed by atoms with van der Waals surface area (Å²) >= 11 is 1.05. The van der Waals surface area contributed by atoms with Crippen LogP contribution in [0.5, 0.6) is 17.2 Å². The van der Waals surface area contributed by atoms with E-state index < -0.39 is 0 Å². The first-order valence-electron chi connectivity index (χ1n) is 13.1. The predicted octanol–water partition coefficient (Wildman–Crippen LogP) is 4.19. The quantitative estimate of drug-likeness (QED) is 0.502. The first-order valence-corrected chi connectivity index (χ1v) is 14.0. The molecule has 2 N–H and O–H groups in total. The van der Waals surface area contributed by atoms with Gasteiger partial charge in [-0.1, -0.05) is 23.9 Å². The molecule has 0 aromatic heterocycles. The second kappa shape index (κ2) is 11.8. The fourth-order valence-electron chi connectivity index (χ4n) is 5.78. The summed E-state index contributed by atoms with van der Waals surface area (Å²) in [6.07, 6.45) is 4.58. The van der Waals surface area contributed by atoms with Gasteiger partial charge in [0.25, 0.3) is 5.24 Å². The number of carbonyl (C=O) groups excluding carboxylic acids is 2. The molecule has 0 radical (unpaired) electrons. The number of phenolic OH excluding ortho intramolecular Hbond substituents is 1. The SMILES string of the molecule is Cc1c(C)c2c(c(C)c1O)CCC(C)(CN1CCC[C@H]1COc1ccc(CC3SC(=O)NC3=O)cc1)O2.[NaH]. The molecule has 0 bridgehead atoms. The van der Waals surface area contributed by atoms with Crippen molar-refractivity contribution in [1.82, 2.24) is 10.2 Å². The molecular formula is C29H37N2NaO5S. The third kappa shape index (κ3) is 6.04. The third-order valence-corrected chi connectivity index (χ3v) is 9.16. The Balaban J connectivity index is 0.00000336. The van der Waals surface area contributed by atoms with Crippen LogP contribution in [0.1, 0.15) is 54.0 Å². The van der Waals surface area contributed by atoms with Crippen LogP contribution in [-0.2, 0) is 17.6 Å². The number of hydrogen-bond donors (Lipinski definition) is 2. The predicted molar refractivity (Wildman–Crippen MR) is 152 cm³/mol. The first kappa shape index (κ1) is 29.3. The van der Waals surface area contributed by atoms with E-state index in [4.69, 9.17) is 9.47 Å². The first-order chi connectivity index (χ1) is 17.6. The van der Waals surface area contributed by atoms with Crippen molar-refractivity contribution < 1.29 is 24.2 Å². The van der Waals surface area contributed by atoms with E-state index >= 15 is 0 Å². The fourth-order valence-corrected chi connectivity index (χ4v) is 6.64. The normalized spacial score (nSPS) is 24.9. The summed E-state index contributed by atoms with van der Waals surface area (Å²) < 4.78 is 12.9. The Kier molecular flexibility index (Phi) is 9.09. The molecule has 5 rings (SSSR count). The Labute approximate surface area is 251 Å². The molecule has 3 atom stereocenters. The average molecular weight is 549 g/mol. The van der Waals surface area contributed by atoms with Crippen molar-refractivity contribution in [2.24, 2.45) is 0 Å². The number of carbonyl (C=O) groups is 2. The van der Waals surface area contributed by atoms with Crippen LogP contribution in [0.15, 0.2) is 24.3 Å². The minimum atomic E-state index is -0.357. The van der Waals surface area contributed by atoms with Crippen LogP contribution in [0.2, 0.25) is 0 Å². The second-order valence-electron chi connectivity index (χ2n) is 10.9. The molecule has 2 aromatic carbocycles. The van der Waals surface area contributed by atoms with Crippen LogP contribution in [0, 0.1) is 20.8 Å². The molecule has 9 heteroatoms. The van der Waals surface area contributed by atoms with Gasteiger partial charge in [-0.05, 0) is 101 Å². The summed E-state index contributed by atoms with van der Waals surface area (Å²) in [6, 6.07) is 8.15. The average Bonchev–Trinajstić information content (AvgIpc) is 3.44. The van der Waals surface area contributed by atoms with Crippen LogP contribution >= 0.6 is 11.8 Å². The van der Waals surface area contributed by atoms with E-state index in [1.807, 2.05) is 45.0 Å². The van der Waals surface area contributed by atoms with Gasteiger partial charge in [0.15, 0.2) is 0 Å². The number of likely N-dealkylation sites (tertiary alicyclic amines) is 1. The van der Waals surface area contributed by atoms with E-state index in [1.54, 1.807) is 0 Å². The fraction of sp³-hybridized carbons (Fsp3) is 0.517. The van der Waals surface area contributed by atoms with Gasteiger partial charge < -0.3 is 14.6 Å². The standard InChI is InChI=1S/C29H36N2O5S.Na.H/c1-17-18(2)26-23(19(3)25(17)32)11-12-29(4,36-26)16-31-13-5-6-21(31)15-35-22-9-7-20(8-10-22)14-24-27(33)30-28(34)37-24;;/h7-10,21,24,32H,5-6,11-16H2,1-4H3,(H,30,33,34);;/t21-,24?,29?;;/m0../s1. The number of benzene rings is 2. The van der Waals surface area contributed by atoms with Crippen molar-refractivity contribution in [3.8, 4) is 17.2 Å². The van der Waals surface area contributed by atoms with E-state index in [9.17, 15) is 14.7 Å². The molecule has 0 saturated carbocycles. The Morgan fingerprint density at radius 2 is 1.89 bits per heavy atom. The van der Waals surface area contributed by atoms with Gasteiger partial charge in [-0.15, -0.1) is 0 Å². The number of hydrogen-bond acceptors (Lipinski definition) is 7. The molecule has 3 heterocycles. The van der Waals surface area contributed by atoms with Gasteiger partial charge >= 0.3 is 29.6 Å². The third-order valence-electron chi connectivity index (χ3n) is 8.18. The van der Waals surface area contributed by atoms with E-state index in [-0.39, 0.29) is 51.6 Å². The van der Waals surface area contributed by atoms with Gasteiger partial charge in [-0.3, -0.25) is 19.8 Å². The monoisotopic (exact) mass is 548 g/mol. The number of nitrogens with one attached hydrogen (secondary N) is 1. The van der Waals surface area contributed by atoms with Gasteiger partial charge in [-0.25, -0.2) is 0 Å². The van der Waals surface area contributed by atoms with Crippen molar-refractivity contribution >= 4 is 52.5 Å². The van der Waals surface area contributed by atoms with Gasteiger partial charge in [-0.2, -0.15) is 0 Å². The molecule has 200 valence electrons. The second-order valence-corrected chi connectivity index (χ2v) is 12.1. The maximum absolute atomic E-state index is 11.8. The summed E-state index contributed by atoms with van der Waals surface area (Å²) in [4.78, 5) is 25.7. The van der Waals surface area contributed by atoms with Crippen LogP contribution in [0.25, 0.3) is 0 Å². The van der Waals surface area contributed by atoms with Gasteiger partial charge in [0.2, 0.25) is 5.91 Å². The molecule has 2 saturated heterocycles. The summed E-state index contributed by atoms with van der Waals surface area (Å²) in [5.74, 6) is 1.94. The van der Waals surface area contributed by atoms with E-state index in [1.165, 1.54) is 0 Å². The number of aromatic hydroxyl groups is 1. The summed E-state index contributed by atoms with van der Waals surface area (Å²) in [7, 11) is 0. The Morgan fingerprint density at radius 3 is 2.58 bits per heavy atom. The number of phenols is 1. The number of rotatable bonds is 7. The van der Waals surface area contributed by atoms with Crippen molar-refractivity contribution in [3.63, 3.8) is 0 Å². The molecule has 0 spiro atoms. The molecule has 0 aliphatic carbocycles. The molecule has 3 aliphatic heterocycles. The number of thioether (sulfide) groups is 1. The molecule has 2 unspecified atom stereocenters. The van der Waals surface area contributed by atoms with Crippen LogP contribution < -0.4 is 14.8 Å². The van der Waals surface area contributed by atoms with Gasteiger partial charge in [0.05, 0.1) is 5.25 Å². The van der Waals surface area contributed by atoms with E-state index in [0.717, 1.165) is 89.9 Å². The molecular weight excluding hydrogens is 511 g/mol. The Bertz CT molecular complexity index is 1220. The maximum atomic E-state index is 11.8. The number of nitrogens with zero attached hydrogens (tertiary/aromatic N) is 1. The summed E-state index contributed by atoms with van der Waals surface area (Å²) in [5, 5.41) is 12.2. The van der Waals surface area contributed by atoms with Crippen molar-refractivity contribution in [1.29, 1.82) is 0 Å². The van der Waals surface area contributed by atoms with Crippen LogP contribution in [0.4, 0.5) is 4.79 Å². The van der Waals surface area contributed by atoms with Crippen molar-refractivity contribution in [2.45, 2.75) is 76.7 Å². The molecule has 2 aromatic rings. The number of imide groups is 1. The van der Waals surface area contributed by atoms with Gasteiger partial charge in [0, 0.05) is 18.2 Å². The van der Waals surface area contributed by atoms with Crippen LogP contribution in [-0.4, -0.2) is 87.3 Å². The van der Waals surface area contributed by atoms with Crippen molar-refractivity contribution in [2.75, 3.05) is 19.7 Å². The zero-order valence-electron chi connectivity index (χ0n) is 22.1. The zero-order chi connectivity index (χ0) is 26.3. The molecule has 38 heavy (non-hydrogen) atoms. The number of ether oxygens (including phenoxy) is 2. The van der Waals surface area contributed by atoms with Crippen molar-refractivity contribution in [3.05, 3.63) is 52.1 Å². The molecule has 3 aliphatic rings. The Hall–Kier alpha value is -1.71. The minimum absolute atomic E-state index is 0. The van der Waals surface area contributed by atoms with E-state index in [2.05, 4.69) is 17.1 Å². The molecule has 2 fully saturated rings. The molecule has 2 amide bonds. The Morgan fingerprint density at radius 1 is 1.16 bits per heavy atom. The van der Waals surface area contributed by atoms with Gasteiger partial charge in [0.1, 0.15) is 29.5 Å².